The van der Waals surface area contributed by atoms with Gasteiger partial charge in [-0.15, -0.1) is 0 Å². The molecule has 0 unspecified atom stereocenters. The van der Waals surface area contributed by atoms with Crippen LogP contribution in [0.1, 0.15) is 28.9 Å². The Hall–Kier alpha value is -1.86. The van der Waals surface area contributed by atoms with E-state index in [1.807, 2.05) is 35.7 Å². The minimum atomic E-state index is -0.785. The molecule has 1 aromatic heterocycles. The molecule has 0 spiro atoms. The first-order valence-corrected chi connectivity index (χ1v) is 8.76. The minimum Gasteiger partial charge on any atom is -0.389 e. The Balaban J connectivity index is 1.72. The van der Waals surface area contributed by atoms with E-state index in [9.17, 15) is 14.7 Å². The number of amides is 2. The number of hydrogen-bond acceptors (Lipinski definition) is 4. The van der Waals surface area contributed by atoms with Crippen LogP contribution in [-0.2, 0) is 16.6 Å². The molecule has 1 N–H and O–H groups in total. The normalized spacial score (nSPS) is 26.5. The number of rotatable bonds is 3. The number of aryl methyl sites for hydroxylation is 1. The SMILES string of the molecule is COCC(=O)N1CC[C@]2(O)CCN(C(=O)c3ccn(C)c3C)C[C@@H]2C1. The highest BCUT2D eigenvalue weighted by Gasteiger charge is 2.46. The quantitative estimate of drug-likeness (QED) is 0.857. The highest BCUT2D eigenvalue weighted by atomic mass is 16.5. The molecular weight excluding hydrogens is 322 g/mol. The first-order valence-electron chi connectivity index (χ1n) is 8.76. The summed E-state index contributed by atoms with van der Waals surface area (Å²) in [6.07, 6.45) is 3.00. The Bertz CT molecular complexity index is 671. The molecule has 138 valence electrons. The second-order valence-electron chi connectivity index (χ2n) is 7.25. The number of ether oxygens (including phenoxy) is 1. The molecule has 2 saturated heterocycles. The average molecular weight is 349 g/mol. The van der Waals surface area contributed by atoms with Crippen molar-refractivity contribution in [3.8, 4) is 0 Å². The fraction of sp³-hybridized carbons (Fsp3) is 0.667. The van der Waals surface area contributed by atoms with Gasteiger partial charge in [0.1, 0.15) is 6.61 Å². The van der Waals surface area contributed by atoms with E-state index in [0.29, 0.717) is 44.6 Å². The molecule has 3 heterocycles. The van der Waals surface area contributed by atoms with Crippen LogP contribution >= 0.6 is 0 Å². The van der Waals surface area contributed by atoms with Crippen LogP contribution in [0.2, 0.25) is 0 Å². The summed E-state index contributed by atoms with van der Waals surface area (Å²) in [5.74, 6) is -0.184. The molecule has 7 heteroatoms. The Morgan fingerprint density at radius 3 is 2.52 bits per heavy atom. The van der Waals surface area contributed by atoms with Crippen LogP contribution in [0.25, 0.3) is 0 Å². The lowest BCUT2D eigenvalue weighted by molar-refractivity contribution is -0.148. The Morgan fingerprint density at radius 1 is 1.28 bits per heavy atom. The molecule has 2 amide bonds. The molecule has 7 nitrogen and oxygen atoms in total. The van der Waals surface area contributed by atoms with Crippen molar-refractivity contribution < 1.29 is 19.4 Å². The van der Waals surface area contributed by atoms with Crippen molar-refractivity contribution in [2.24, 2.45) is 13.0 Å². The van der Waals surface area contributed by atoms with Crippen LogP contribution in [0.15, 0.2) is 12.3 Å². The molecule has 0 saturated carbocycles. The van der Waals surface area contributed by atoms with E-state index >= 15 is 0 Å². The van der Waals surface area contributed by atoms with E-state index in [-0.39, 0.29) is 24.3 Å². The van der Waals surface area contributed by atoms with Crippen molar-refractivity contribution in [1.82, 2.24) is 14.4 Å². The molecule has 0 radical (unpaired) electrons. The molecule has 0 bridgehead atoms. The fourth-order valence-electron chi connectivity index (χ4n) is 3.93. The van der Waals surface area contributed by atoms with Gasteiger partial charge < -0.3 is 24.2 Å². The number of aliphatic hydroxyl groups is 1. The number of methoxy groups -OCH3 is 1. The van der Waals surface area contributed by atoms with Crippen molar-refractivity contribution in [3.63, 3.8) is 0 Å². The van der Waals surface area contributed by atoms with Gasteiger partial charge in [0.15, 0.2) is 0 Å². The zero-order valence-electron chi connectivity index (χ0n) is 15.2. The molecular formula is C18H27N3O4. The van der Waals surface area contributed by atoms with Crippen LogP contribution in [0.5, 0.6) is 0 Å². The lowest BCUT2D eigenvalue weighted by Crippen LogP contribution is -2.61. The summed E-state index contributed by atoms with van der Waals surface area (Å²) in [5, 5.41) is 10.9. The number of carbonyl (C=O) groups is 2. The largest absolute Gasteiger partial charge is 0.389 e. The molecule has 2 atom stereocenters. The Morgan fingerprint density at radius 2 is 1.92 bits per heavy atom. The fourth-order valence-corrected chi connectivity index (χ4v) is 3.93. The molecule has 3 rings (SSSR count). The predicted octanol–water partition coefficient (Wildman–Crippen LogP) is 0.405. The lowest BCUT2D eigenvalue weighted by Gasteiger charge is -2.50. The first kappa shape index (κ1) is 17.9. The third-order valence-electron chi connectivity index (χ3n) is 5.79. The average Bonchev–Trinajstić information content (AvgIpc) is 2.92. The number of nitrogens with zero attached hydrogens (tertiary/aromatic N) is 3. The molecule has 2 aliphatic rings. The van der Waals surface area contributed by atoms with Crippen LogP contribution in [0.3, 0.4) is 0 Å². The van der Waals surface area contributed by atoms with Gasteiger partial charge >= 0.3 is 0 Å². The number of piperidine rings is 2. The van der Waals surface area contributed by atoms with Crippen molar-refractivity contribution in [2.45, 2.75) is 25.4 Å². The van der Waals surface area contributed by atoms with Gasteiger partial charge in [-0.3, -0.25) is 9.59 Å². The topological polar surface area (TPSA) is 75.0 Å². The number of hydrogen-bond donors (Lipinski definition) is 1. The number of likely N-dealkylation sites (tertiary alicyclic amines) is 2. The highest BCUT2D eigenvalue weighted by Crippen LogP contribution is 2.36. The Labute approximate surface area is 148 Å². The lowest BCUT2D eigenvalue weighted by atomic mass is 9.75. The van der Waals surface area contributed by atoms with Crippen molar-refractivity contribution in [1.29, 1.82) is 0 Å². The van der Waals surface area contributed by atoms with E-state index in [0.717, 1.165) is 5.69 Å². The summed E-state index contributed by atoms with van der Waals surface area (Å²) >= 11 is 0. The molecule has 25 heavy (non-hydrogen) atoms. The van der Waals surface area contributed by atoms with E-state index in [4.69, 9.17) is 4.74 Å². The summed E-state index contributed by atoms with van der Waals surface area (Å²) < 4.78 is 6.86. The van der Waals surface area contributed by atoms with E-state index < -0.39 is 5.60 Å². The van der Waals surface area contributed by atoms with Crippen LogP contribution in [-0.4, -0.2) is 76.8 Å². The molecule has 2 aliphatic heterocycles. The van der Waals surface area contributed by atoms with Gasteiger partial charge in [-0.2, -0.15) is 0 Å². The summed E-state index contributed by atoms with van der Waals surface area (Å²) in [6.45, 7) is 4.01. The van der Waals surface area contributed by atoms with Gasteiger partial charge in [-0.25, -0.2) is 0 Å². The van der Waals surface area contributed by atoms with Gasteiger partial charge in [0, 0.05) is 58.1 Å². The smallest absolute Gasteiger partial charge is 0.255 e. The minimum absolute atomic E-state index is 0.000455. The molecule has 2 fully saturated rings. The van der Waals surface area contributed by atoms with Gasteiger partial charge in [-0.05, 0) is 25.8 Å². The van der Waals surface area contributed by atoms with E-state index in [2.05, 4.69) is 0 Å². The summed E-state index contributed by atoms with van der Waals surface area (Å²) in [5.41, 5.74) is 0.856. The van der Waals surface area contributed by atoms with E-state index in [1.54, 1.807) is 4.90 Å². The van der Waals surface area contributed by atoms with Crippen molar-refractivity contribution in [3.05, 3.63) is 23.5 Å². The maximum atomic E-state index is 12.9. The van der Waals surface area contributed by atoms with Crippen molar-refractivity contribution in [2.75, 3.05) is 39.9 Å². The predicted molar refractivity (Wildman–Crippen MR) is 92.2 cm³/mol. The van der Waals surface area contributed by atoms with Crippen molar-refractivity contribution >= 4 is 11.8 Å². The number of aromatic nitrogens is 1. The van der Waals surface area contributed by atoms with E-state index in [1.165, 1.54) is 7.11 Å². The standard InChI is InChI=1S/C18H27N3O4/c1-13-15(4-7-19(13)2)17(23)21-9-6-18(24)5-8-20(10-14(18)11-21)16(22)12-25-3/h4,7,14,24H,5-6,8-12H2,1-3H3/t14-,18-/m0/s1. The monoisotopic (exact) mass is 349 g/mol. The zero-order valence-corrected chi connectivity index (χ0v) is 15.2. The summed E-state index contributed by atoms with van der Waals surface area (Å²) in [6, 6.07) is 1.84. The third kappa shape index (κ3) is 3.30. The number of fused-ring (bicyclic) bond motifs is 1. The maximum Gasteiger partial charge on any atom is 0.255 e. The summed E-state index contributed by atoms with van der Waals surface area (Å²) in [7, 11) is 3.42. The second-order valence-corrected chi connectivity index (χ2v) is 7.25. The maximum absolute atomic E-state index is 12.9. The first-order chi connectivity index (χ1) is 11.9. The van der Waals surface area contributed by atoms with Gasteiger partial charge in [-0.1, -0.05) is 0 Å². The van der Waals surface area contributed by atoms with Crippen LogP contribution in [0.4, 0.5) is 0 Å². The highest BCUT2D eigenvalue weighted by molar-refractivity contribution is 5.95. The van der Waals surface area contributed by atoms with Gasteiger partial charge in [0.2, 0.25) is 5.91 Å². The van der Waals surface area contributed by atoms with Crippen LogP contribution in [0, 0.1) is 12.8 Å². The second kappa shape index (κ2) is 6.80. The molecule has 0 aromatic carbocycles. The summed E-state index contributed by atoms with van der Waals surface area (Å²) in [4.78, 5) is 28.5. The number of carbonyl (C=O) groups excluding carboxylic acids is 2. The molecule has 1 aromatic rings. The molecule has 0 aliphatic carbocycles. The van der Waals surface area contributed by atoms with Gasteiger partial charge in [0.25, 0.3) is 5.91 Å². The third-order valence-corrected chi connectivity index (χ3v) is 5.79. The Kier molecular flexibility index (Phi) is 4.88. The zero-order chi connectivity index (χ0) is 18.2. The van der Waals surface area contributed by atoms with Gasteiger partial charge in [0.05, 0.1) is 11.2 Å². The van der Waals surface area contributed by atoms with Crippen LogP contribution < -0.4 is 0 Å².